The van der Waals surface area contributed by atoms with Gasteiger partial charge in [-0.25, -0.2) is 0 Å². The molecule has 0 bridgehead atoms. The molecular weight excluding hydrogens is 326 g/mol. The number of methoxy groups -OCH3 is 1. The Morgan fingerprint density at radius 2 is 1.96 bits per heavy atom. The van der Waals surface area contributed by atoms with Gasteiger partial charge in [-0.2, -0.15) is 0 Å². The molecule has 6 heteroatoms. The molecule has 3 rings (SSSR count). The van der Waals surface area contributed by atoms with Gasteiger partial charge in [-0.1, -0.05) is 6.07 Å². The Kier molecular flexibility index (Phi) is 5.48. The second-order valence-electron chi connectivity index (χ2n) is 5.24. The van der Waals surface area contributed by atoms with Gasteiger partial charge in [0, 0.05) is 23.6 Å². The summed E-state index contributed by atoms with van der Waals surface area (Å²) in [6.07, 6.45) is 0.473. The molecule has 126 valence electrons. The van der Waals surface area contributed by atoms with Crippen LogP contribution in [-0.2, 0) is 11.3 Å². The van der Waals surface area contributed by atoms with Crippen LogP contribution in [0.2, 0.25) is 0 Å². The Morgan fingerprint density at radius 3 is 2.75 bits per heavy atom. The summed E-state index contributed by atoms with van der Waals surface area (Å²) in [4.78, 5) is 13.1. The summed E-state index contributed by atoms with van der Waals surface area (Å²) in [5.74, 6) is 3.09. The van der Waals surface area contributed by atoms with Gasteiger partial charge in [0.2, 0.25) is 12.7 Å². The van der Waals surface area contributed by atoms with Crippen LogP contribution in [0.1, 0.15) is 12.0 Å². The van der Waals surface area contributed by atoms with Crippen LogP contribution < -0.4 is 19.5 Å². The molecule has 2 aromatic rings. The van der Waals surface area contributed by atoms with E-state index >= 15 is 0 Å². The molecule has 0 aliphatic carbocycles. The lowest BCUT2D eigenvalue weighted by Crippen LogP contribution is -2.22. The van der Waals surface area contributed by atoms with Gasteiger partial charge in [0.1, 0.15) is 5.75 Å². The lowest BCUT2D eigenvalue weighted by Gasteiger charge is -2.07. The molecule has 1 amide bonds. The van der Waals surface area contributed by atoms with Crippen LogP contribution >= 0.6 is 11.8 Å². The Balaban J connectivity index is 1.39. The van der Waals surface area contributed by atoms with Gasteiger partial charge in [0.15, 0.2) is 11.5 Å². The van der Waals surface area contributed by atoms with Crippen molar-refractivity contribution in [3.63, 3.8) is 0 Å². The molecule has 5 nitrogen and oxygen atoms in total. The molecule has 1 heterocycles. The summed E-state index contributed by atoms with van der Waals surface area (Å²) in [6, 6.07) is 13.5. The number of fused-ring (bicyclic) bond motifs is 1. The first-order valence-electron chi connectivity index (χ1n) is 7.66. The zero-order chi connectivity index (χ0) is 16.8. The normalized spacial score (nSPS) is 12.0. The van der Waals surface area contributed by atoms with E-state index in [1.54, 1.807) is 18.9 Å². The number of ether oxygens (including phenoxy) is 3. The van der Waals surface area contributed by atoms with Gasteiger partial charge in [-0.05, 0) is 42.0 Å². The molecule has 0 aromatic heterocycles. The van der Waals surface area contributed by atoms with Gasteiger partial charge in [0.05, 0.1) is 7.11 Å². The minimum absolute atomic E-state index is 0.0358. The summed E-state index contributed by atoms with van der Waals surface area (Å²) >= 11 is 1.65. The highest BCUT2D eigenvalue weighted by molar-refractivity contribution is 7.99. The maximum absolute atomic E-state index is 11.9. The van der Waals surface area contributed by atoms with Crippen LogP contribution in [0.4, 0.5) is 0 Å². The van der Waals surface area contributed by atoms with E-state index < -0.39 is 0 Å². The molecule has 0 radical (unpaired) electrons. The summed E-state index contributed by atoms with van der Waals surface area (Å²) in [6.45, 7) is 0.746. The van der Waals surface area contributed by atoms with Crippen molar-refractivity contribution in [1.29, 1.82) is 0 Å². The monoisotopic (exact) mass is 345 g/mol. The molecule has 1 N–H and O–H groups in total. The quantitative estimate of drug-likeness (QED) is 0.781. The standard InChI is InChI=1S/C18H19NO4S/c1-21-14-3-5-15(6-4-14)24-9-8-18(20)19-11-13-2-7-16-17(10-13)23-12-22-16/h2-7,10H,8-9,11-12H2,1H3,(H,19,20). The predicted octanol–water partition coefficient (Wildman–Crippen LogP) is 3.22. The molecule has 24 heavy (non-hydrogen) atoms. The highest BCUT2D eigenvalue weighted by Crippen LogP contribution is 2.32. The number of carbonyl (C=O) groups is 1. The van der Waals surface area contributed by atoms with Crippen molar-refractivity contribution >= 4 is 17.7 Å². The number of carbonyl (C=O) groups excluding carboxylic acids is 1. The molecular formula is C18H19NO4S. The summed E-state index contributed by atoms with van der Waals surface area (Å²) in [5.41, 5.74) is 0.996. The second kappa shape index (κ2) is 7.97. The van der Waals surface area contributed by atoms with E-state index in [2.05, 4.69) is 5.32 Å². The molecule has 1 aliphatic heterocycles. The molecule has 0 fully saturated rings. The molecule has 0 saturated heterocycles. The summed E-state index contributed by atoms with van der Waals surface area (Å²) in [5, 5.41) is 2.93. The fourth-order valence-electron chi connectivity index (χ4n) is 2.27. The van der Waals surface area contributed by atoms with Crippen LogP contribution in [0.5, 0.6) is 17.2 Å². The van der Waals surface area contributed by atoms with Crippen LogP contribution in [0.25, 0.3) is 0 Å². The van der Waals surface area contributed by atoms with Gasteiger partial charge in [-0.3, -0.25) is 4.79 Å². The van der Waals surface area contributed by atoms with Crippen LogP contribution in [0, 0.1) is 0 Å². The van der Waals surface area contributed by atoms with Crippen molar-refractivity contribution in [1.82, 2.24) is 5.32 Å². The van der Waals surface area contributed by atoms with E-state index in [1.807, 2.05) is 42.5 Å². The van der Waals surface area contributed by atoms with Crippen LogP contribution in [-0.4, -0.2) is 25.6 Å². The zero-order valence-electron chi connectivity index (χ0n) is 13.4. The average molecular weight is 345 g/mol. The maximum atomic E-state index is 11.9. The molecule has 0 atom stereocenters. The fraction of sp³-hybridized carbons (Fsp3) is 0.278. The van der Waals surface area contributed by atoms with E-state index in [-0.39, 0.29) is 12.7 Å². The van der Waals surface area contributed by atoms with Crippen molar-refractivity contribution in [2.75, 3.05) is 19.7 Å². The van der Waals surface area contributed by atoms with Gasteiger partial charge >= 0.3 is 0 Å². The minimum Gasteiger partial charge on any atom is -0.497 e. The first kappa shape index (κ1) is 16.5. The first-order valence-corrected chi connectivity index (χ1v) is 8.65. The topological polar surface area (TPSA) is 56.8 Å². The smallest absolute Gasteiger partial charge is 0.231 e. The first-order chi connectivity index (χ1) is 11.7. The largest absolute Gasteiger partial charge is 0.497 e. The van der Waals surface area contributed by atoms with Crippen molar-refractivity contribution in [3.05, 3.63) is 48.0 Å². The van der Waals surface area contributed by atoms with Crippen molar-refractivity contribution in [3.8, 4) is 17.2 Å². The molecule has 0 unspecified atom stereocenters. The van der Waals surface area contributed by atoms with E-state index in [0.29, 0.717) is 13.0 Å². The fourth-order valence-corrected chi connectivity index (χ4v) is 3.13. The molecule has 1 aliphatic rings. The van der Waals surface area contributed by atoms with E-state index in [9.17, 15) is 4.79 Å². The number of thioether (sulfide) groups is 1. The Labute approximate surface area is 145 Å². The van der Waals surface area contributed by atoms with E-state index in [4.69, 9.17) is 14.2 Å². The van der Waals surface area contributed by atoms with Gasteiger partial charge in [-0.15, -0.1) is 11.8 Å². The lowest BCUT2D eigenvalue weighted by atomic mass is 10.2. The number of benzene rings is 2. The third-order valence-electron chi connectivity index (χ3n) is 3.58. The van der Waals surface area contributed by atoms with Gasteiger partial charge in [0.25, 0.3) is 0 Å². The third kappa shape index (κ3) is 4.35. The number of nitrogens with one attached hydrogen (secondary N) is 1. The van der Waals surface area contributed by atoms with E-state index in [1.165, 1.54) is 0 Å². The molecule has 2 aromatic carbocycles. The maximum Gasteiger partial charge on any atom is 0.231 e. The number of hydrogen-bond donors (Lipinski definition) is 1. The van der Waals surface area contributed by atoms with Crippen molar-refractivity contribution < 1.29 is 19.0 Å². The van der Waals surface area contributed by atoms with Gasteiger partial charge < -0.3 is 19.5 Å². The summed E-state index contributed by atoms with van der Waals surface area (Å²) in [7, 11) is 1.65. The molecule has 0 saturated carbocycles. The minimum atomic E-state index is 0.0358. The Hall–Kier alpha value is -2.34. The number of hydrogen-bond acceptors (Lipinski definition) is 5. The molecule has 0 spiro atoms. The highest BCUT2D eigenvalue weighted by atomic mass is 32.2. The Bertz CT molecular complexity index is 703. The highest BCUT2D eigenvalue weighted by Gasteiger charge is 2.13. The van der Waals surface area contributed by atoms with Crippen molar-refractivity contribution in [2.24, 2.45) is 0 Å². The third-order valence-corrected chi connectivity index (χ3v) is 4.60. The number of rotatable bonds is 7. The van der Waals surface area contributed by atoms with Crippen LogP contribution in [0.3, 0.4) is 0 Å². The second-order valence-corrected chi connectivity index (χ2v) is 6.41. The SMILES string of the molecule is COc1ccc(SCCC(=O)NCc2ccc3c(c2)OCO3)cc1. The lowest BCUT2D eigenvalue weighted by molar-refractivity contribution is -0.120. The average Bonchev–Trinajstić information content (AvgIpc) is 3.08. The predicted molar refractivity (Wildman–Crippen MR) is 92.7 cm³/mol. The van der Waals surface area contributed by atoms with E-state index in [0.717, 1.165) is 33.5 Å². The van der Waals surface area contributed by atoms with Crippen molar-refractivity contribution in [2.45, 2.75) is 17.9 Å². The summed E-state index contributed by atoms with van der Waals surface area (Å²) < 4.78 is 15.7. The Morgan fingerprint density at radius 1 is 1.17 bits per heavy atom. The zero-order valence-corrected chi connectivity index (χ0v) is 14.2. The number of amides is 1. The van der Waals surface area contributed by atoms with Crippen LogP contribution in [0.15, 0.2) is 47.4 Å².